The number of carbonyl (C=O) groups excluding carboxylic acids is 1. The Bertz CT molecular complexity index is 308. The number of carbonyl (C=O) groups is 1. The third-order valence-electron chi connectivity index (χ3n) is 5.00. The number of hydrogen-bond acceptors (Lipinski definition) is 2. The monoisotopic (exact) mass is 488 g/mol. The number of carboxylic acid groups (broad SMARTS) is 1. The normalized spacial score (nSPS) is 10.2. The first kappa shape index (κ1) is 29.2. The molecule has 0 bridgehead atoms. The molecule has 0 spiro atoms. The Labute approximate surface area is 178 Å². The summed E-state index contributed by atoms with van der Waals surface area (Å²) in [5, 5.41) is 9.49. The van der Waals surface area contributed by atoms with Gasteiger partial charge in [-0.1, -0.05) is 6.58 Å². The third-order valence-corrected chi connectivity index (χ3v) is 14.1. The van der Waals surface area contributed by atoms with Gasteiger partial charge < -0.3 is 9.90 Å². The van der Waals surface area contributed by atoms with Crippen LogP contribution in [0.5, 0.6) is 0 Å². The van der Waals surface area contributed by atoms with Crippen molar-refractivity contribution in [2.45, 2.75) is 131 Å². The molecule has 160 valence electrons. The number of unbranched alkanes of at least 4 members (excludes halogenated alkanes) is 11. The fourth-order valence-electron chi connectivity index (χ4n) is 3.09. The summed E-state index contributed by atoms with van der Waals surface area (Å²) in [6.45, 7) is 11.5. The molecule has 2 nitrogen and oxygen atoms in total. The summed E-state index contributed by atoms with van der Waals surface area (Å²) < 4.78 is 5.09. The van der Waals surface area contributed by atoms with E-state index in [1.165, 1.54) is 90.4 Å². The van der Waals surface area contributed by atoms with Gasteiger partial charge in [0.2, 0.25) is 0 Å². The second-order valence-electron chi connectivity index (χ2n) is 7.96. The molecule has 0 aromatic carbocycles. The average molecular weight is 487 g/mol. The molecule has 27 heavy (non-hydrogen) atoms. The van der Waals surface area contributed by atoms with Gasteiger partial charge in [-0.3, -0.25) is 0 Å². The predicted molar refractivity (Wildman–Crippen MR) is 122 cm³/mol. The Morgan fingerprint density at radius 2 is 0.963 bits per heavy atom. The van der Waals surface area contributed by atoms with Gasteiger partial charge in [0.1, 0.15) is 0 Å². The SMILES string of the molecule is C=C(C)C(=O)[O-].CCCCCCCCCCC[CH2][Sn+]([CH2]CCC)[CH2]CCC. The standard InChI is InChI=1S/C12H25.C4H6O2.2C4H9.Sn/c1-3-5-7-9-11-12-10-8-6-4-2;1-3(2)4(5)6;2*1-3-4-2;/h1,3-12H2,2H3;1H2,2H3,(H,5,6);2*1,3-4H2,2H3;/q;;;;+1/p-1. The van der Waals surface area contributed by atoms with Crippen LogP contribution in [0.1, 0.15) is 118 Å². The van der Waals surface area contributed by atoms with Crippen molar-refractivity contribution in [2.24, 2.45) is 0 Å². The van der Waals surface area contributed by atoms with Crippen molar-refractivity contribution in [2.75, 3.05) is 0 Å². The van der Waals surface area contributed by atoms with E-state index in [1.54, 1.807) is 19.7 Å². The van der Waals surface area contributed by atoms with Crippen LogP contribution in [0.25, 0.3) is 0 Å². The molecule has 0 aromatic rings. The molecule has 0 aromatic heterocycles. The van der Waals surface area contributed by atoms with Gasteiger partial charge in [0, 0.05) is 0 Å². The van der Waals surface area contributed by atoms with Gasteiger partial charge in [0.15, 0.2) is 0 Å². The first-order chi connectivity index (χ1) is 13.0. The van der Waals surface area contributed by atoms with Crippen molar-refractivity contribution in [1.29, 1.82) is 0 Å². The molecule has 0 atom stereocenters. The Morgan fingerprint density at radius 1 is 0.667 bits per heavy atom. The molecule has 0 saturated carbocycles. The van der Waals surface area contributed by atoms with Crippen LogP contribution < -0.4 is 5.11 Å². The first-order valence-corrected chi connectivity index (χ1v) is 17.7. The summed E-state index contributed by atoms with van der Waals surface area (Å²) in [6, 6.07) is 0. The van der Waals surface area contributed by atoms with Gasteiger partial charge in [-0.05, 0) is 12.5 Å². The molecule has 0 fully saturated rings. The van der Waals surface area contributed by atoms with Gasteiger partial charge in [-0.25, -0.2) is 0 Å². The van der Waals surface area contributed by atoms with E-state index in [4.69, 9.17) is 0 Å². The Morgan fingerprint density at radius 3 is 1.30 bits per heavy atom. The summed E-state index contributed by atoms with van der Waals surface area (Å²) >= 11 is -0.924. The summed E-state index contributed by atoms with van der Waals surface area (Å²) in [5.74, 6) is -1.19. The van der Waals surface area contributed by atoms with Gasteiger partial charge in [0.05, 0.1) is 5.97 Å². The van der Waals surface area contributed by atoms with Crippen LogP contribution in [0.4, 0.5) is 0 Å². The molecule has 3 heteroatoms. The molecule has 0 radical (unpaired) electrons. The van der Waals surface area contributed by atoms with E-state index in [0.29, 0.717) is 0 Å². The topological polar surface area (TPSA) is 40.1 Å². The molecule has 0 aliphatic rings. The Kier molecular flexibility index (Phi) is 26.0. The van der Waals surface area contributed by atoms with E-state index in [2.05, 4.69) is 27.4 Å². The zero-order chi connectivity index (χ0) is 20.8. The zero-order valence-electron chi connectivity index (χ0n) is 19.0. The van der Waals surface area contributed by atoms with Gasteiger partial charge in [-0.2, -0.15) is 0 Å². The Hall–Kier alpha value is 0.00870. The molecule has 0 aliphatic heterocycles. The van der Waals surface area contributed by atoms with Crippen molar-refractivity contribution >= 4 is 25.7 Å². The Balaban J connectivity index is 0. The number of rotatable bonds is 18. The molecule has 0 N–H and O–H groups in total. The molecule has 0 heterocycles. The van der Waals surface area contributed by atoms with Crippen molar-refractivity contribution in [3.63, 3.8) is 0 Å². The van der Waals surface area contributed by atoms with Crippen LogP contribution in [0.3, 0.4) is 0 Å². The van der Waals surface area contributed by atoms with Crippen LogP contribution in [-0.4, -0.2) is 25.7 Å². The molecule has 0 amide bonds. The second kappa shape index (κ2) is 24.0. The summed E-state index contributed by atoms with van der Waals surface area (Å²) in [5.41, 5.74) is 0.0648. The molecule has 0 aliphatic carbocycles. The van der Waals surface area contributed by atoms with E-state index in [9.17, 15) is 9.90 Å². The molecule has 0 saturated heterocycles. The van der Waals surface area contributed by atoms with E-state index in [0.717, 1.165) is 0 Å². The van der Waals surface area contributed by atoms with Crippen molar-refractivity contribution in [3.8, 4) is 0 Å². The fraction of sp³-hybridized carbons (Fsp3) is 0.875. The predicted octanol–water partition coefficient (Wildman–Crippen LogP) is 7.31. The van der Waals surface area contributed by atoms with E-state index >= 15 is 0 Å². The quantitative estimate of drug-likeness (QED) is 0.116. The summed E-state index contributed by atoms with van der Waals surface area (Å²) in [7, 11) is 0. The maximum absolute atomic E-state index is 9.49. The van der Waals surface area contributed by atoms with E-state index < -0.39 is 25.7 Å². The minimum atomic E-state index is -1.19. The molecular weight excluding hydrogens is 439 g/mol. The van der Waals surface area contributed by atoms with Crippen LogP contribution >= 0.6 is 0 Å². The van der Waals surface area contributed by atoms with Crippen LogP contribution in [0.15, 0.2) is 12.2 Å². The molecule has 0 rings (SSSR count). The van der Waals surface area contributed by atoms with Crippen molar-refractivity contribution in [3.05, 3.63) is 12.2 Å². The maximum atomic E-state index is 9.49. The van der Waals surface area contributed by atoms with Crippen molar-refractivity contribution in [1.82, 2.24) is 0 Å². The van der Waals surface area contributed by atoms with Gasteiger partial charge >= 0.3 is 144 Å². The van der Waals surface area contributed by atoms with Crippen LogP contribution in [0, 0.1) is 0 Å². The number of aliphatic carboxylic acids is 1. The second-order valence-corrected chi connectivity index (χ2v) is 16.5. The van der Waals surface area contributed by atoms with Crippen molar-refractivity contribution < 1.29 is 9.90 Å². The van der Waals surface area contributed by atoms with Crippen LogP contribution in [-0.2, 0) is 4.79 Å². The van der Waals surface area contributed by atoms with Crippen LogP contribution in [0.2, 0.25) is 13.3 Å². The van der Waals surface area contributed by atoms with E-state index in [-0.39, 0.29) is 5.57 Å². The summed E-state index contributed by atoms with van der Waals surface area (Å²) in [4.78, 5) is 9.49. The first-order valence-electron chi connectivity index (χ1n) is 11.7. The van der Waals surface area contributed by atoms with Gasteiger partial charge in [0.25, 0.3) is 0 Å². The summed E-state index contributed by atoms with van der Waals surface area (Å²) in [6.07, 6.45) is 20.9. The molecule has 0 unspecified atom stereocenters. The molecular formula is C24H48O2Sn. The number of carboxylic acids is 1. The fourth-order valence-corrected chi connectivity index (χ4v) is 12.2. The number of hydrogen-bond donors (Lipinski definition) is 0. The third kappa shape index (κ3) is 26.0. The minimum absolute atomic E-state index is 0.0648. The average Bonchev–Trinajstić information content (AvgIpc) is 2.65. The zero-order valence-corrected chi connectivity index (χ0v) is 21.9. The van der Waals surface area contributed by atoms with E-state index in [1.807, 2.05) is 0 Å². The van der Waals surface area contributed by atoms with Gasteiger partial charge in [-0.15, -0.1) is 0 Å².